The van der Waals surface area contributed by atoms with Crippen LogP contribution in [0.1, 0.15) is 5.56 Å². The molecule has 12 nitrogen and oxygen atoms in total. The van der Waals surface area contributed by atoms with Crippen molar-refractivity contribution in [3.05, 3.63) is 35.9 Å². The van der Waals surface area contributed by atoms with E-state index >= 15 is 0 Å². The van der Waals surface area contributed by atoms with Gasteiger partial charge in [-0.25, -0.2) is 4.79 Å². The Kier molecular flexibility index (Phi) is 11.1. The maximum atomic E-state index is 12.5. The minimum atomic E-state index is -1.18. The highest BCUT2D eigenvalue weighted by molar-refractivity contribution is 5.92. The number of aliphatic carboxylic acids is 1. The van der Waals surface area contributed by atoms with Gasteiger partial charge in [0.25, 0.3) is 0 Å². The molecule has 1 rings (SSSR count). The third-order valence-electron chi connectivity index (χ3n) is 3.59. The monoisotopic (exact) mass is 423 g/mol. The van der Waals surface area contributed by atoms with Gasteiger partial charge in [0, 0.05) is 6.42 Å². The Morgan fingerprint density at radius 3 is 2.23 bits per heavy atom. The lowest BCUT2D eigenvalue weighted by Gasteiger charge is -2.19. The quantitative estimate of drug-likeness (QED) is 0.144. The molecule has 0 saturated heterocycles. The number of hydrogen-bond donors (Lipinski definition) is 6. The van der Waals surface area contributed by atoms with E-state index in [1.807, 2.05) is 0 Å². The zero-order valence-corrected chi connectivity index (χ0v) is 16.2. The third-order valence-corrected chi connectivity index (χ3v) is 3.59. The molecular formula is C18H25N5O7. The molecule has 7 N–H and O–H groups in total. The first-order chi connectivity index (χ1) is 14.3. The summed E-state index contributed by atoms with van der Waals surface area (Å²) in [4.78, 5) is 57.7. The van der Waals surface area contributed by atoms with E-state index < -0.39 is 48.8 Å². The zero-order chi connectivity index (χ0) is 22.4. The summed E-state index contributed by atoms with van der Waals surface area (Å²) in [6.45, 7) is -1.92. The highest BCUT2D eigenvalue weighted by Gasteiger charge is 2.22. The first-order valence-electron chi connectivity index (χ1n) is 8.95. The van der Waals surface area contributed by atoms with Gasteiger partial charge in [-0.05, 0) is 5.56 Å². The van der Waals surface area contributed by atoms with Gasteiger partial charge in [0.2, 0.25) is 23.6 Å². The molecule has 1 atom stereocenters. The molecule has 30 heavy (non-hydrogen) atoms. The highest BCUT2D eigenvalue weighted by Crippen LogP contribution is 2.03. The molecule has 12 heteroatoms. The van der Waals surface area contributed by atoms with Crippen molar-refractivity contribution in [3.63, 3.8) is 0 Å². The molecule has 0 spiro atoms. The Hall–Kier alpha value is -3.51. The Morgan fingerprint density at radius 2 is 1.60 bits per heavy atom. The molecule has 0 bridgehead atoms. The molecule has 4 amide bonds. The Balaban J connectivity index is 2.58. The second kappa shape index (κ2) is 13.6. The molecule has 0 aliphatic carbocycles. The van der Waals surface area contributed by atoms with Crippen molar-refractivity contribution >= 4 is 29.6 Å². The summed E-state index contributed by atoms with van der Waals surface area (Å²) in [5, 5.41) is 17.9. The van der Waals surface area contributed by atoms with Gasteiger partial charge in [-0.3, -0.25) is 19.2 Å². The predicted molar refractivity (Wildman–Crippen MR) is 104 cm³/mol. The van der Waals surface area contributed by atoms with Crippen molar-refractivity contribution < 1.29 is 33.8 Å². The van der Waals surface area contributed by atoms with Gasteiger partial charge in [0.15, 0.2) is 0 Å². The summed E-state index contributed by atoms with van der Waals surface area (Å²) in [5.41, 5.74) is 5.93. The van der Waals surface area contributed by atoms with Gasteiger partial charge in [0.05, 0.1) is 19.6 Å². The number of hydrogen-bond acceptors (Lipinski definition) is 7. The maximum Gasteiger partial charge on any atom is 0.329 e. The third kappa shape index (κ3) is 10.7. The van der Waals surface area contributed by atoms with Crippen LogP contribution in [0.15, 0.2) is 30.3 Å². The number of carbonyl (C=O) groups is 5. The van der Waals surface area contributed by atoms with Crippen LogP contribution in [-0.2, 0) is 35.1 Å². The van der Waals surface area contributed by atoms with Crippen LogP contribution in [0.3, 0.4) is 0 Å². The van der Waals surface area contributed by atoms with Gasteiger partial charge in [-0.2, -0.15) is 0 Å². The van der Waals surface area contributed by atoms with Gasteiger partial charge >= 0.3 is 5.97 Å². The standard InChI is InChI=1S/C18H25N5O7/c19-7-14(24)20-9-16(26)23-13(6-12-4-2-1-3-5-12)18(29)21-8-15(25)22-11-30-10-17(27)28/h1-5,13H,6-11,19H2,(H,20,24)(H,21,29)(H,22,25)(H,23,26)(H,27,28)/t13-/m0/s1. The Morgan fingerprint density at radius 1 is 0.933 bits per heavy atom. The lowest BCUT2D eigenvalue weighted by molar-refractivity contribution is -0.143. The van der Waals surface area contributed by atoms with E-state index in [0.29, 0.717) is 0 Å². The normalized spacial score (nSPS) is 11.1. The van der Waals surface area contributed by atoms with Crippen LogP contribution < -0.4 is 27.0 Å². The van der Waals surface area contributed by atoms with Crippen LogP contribution in [-0.4, -0.2) is 73.7 Å². The van der Waals surface area contributed by atoms with E-state index in [0.717, 1.165) is 5.56 Å². The second-order valence-corrected chi connectivity index (χ2v) is 5.99. The summed E-state index contributed by atoms with van der Waals surface area (Å²) in [7, 11) is 0. The van der Waals surface area contributed by atoms with E-state index in [9.17, 15) is 24.0 Å². The van der Waals surface area contributed by atoms with Gasteiger partial charge in [-0.1, -0.05) is 30.3 Å². The van der Waals surface area contributed by atoms with E-state index in [2.05, 4.69) is 26.0 Å². The molecular weight excluding hydrogens is 398 g/mol. The lowest BCUT2D eigenvalue weighted by atomic mass is 10.1. The molecule has 0 unspecified atom stereocenters. The van der Waals surface area contributed by atoms with Crippen LogP contribution in [0.5, 0.6) is 0 Å². The number of benzene rings is 1. The number of nitrogens with one attached hydrogen (secondary N) is 4. The molecule has 0 radical (unpaired) electrons. The summed E-state index contributed by atoms with van der Waals surface area (Å²) in [5.74, 6) is -3.51. The Bertz CT molecular complexity index is 742. The molecule has 0 heterocycles. The fourth-order valence-electron chi connectivity index (χ4n) is 2.18. The fourth-order valence-corrected chi connectivity index (χ4v) is 2.18. The van der Waals surface area contributed by atoms with E-state index in [4.69, 9.17) is 10.8 Å². The van der Waals surface area contributed by atoms with E-state index in [-0.39, 0.29) is 26.2 Å². The summed E-state index contributed by atoms with van der Waals surface area (Å²) in [6.07, 6.45) is 0.159. The summed E-state index contributed by atoms with van der Waals surface area (Å²) < 4.78 is 4.66. The number of carboxylic acids is 1. The van der Waals surface area contributed by atoms with Crippen LogP contribution in [0.4, 0.5) is 0 Å². The van der Waals surface area contributed by atoms with E-state index in [1.165, 1.54) is 0 Å². The van der Waals surface area contributed by atoms with Crippen LogP contribution in [0, 0.1) is 0 Å². The lowest BCUT2D eigenvalue weighted by Crippen LogP contribution is -2.52. The second-order valence-electron chi connectivity index (χ2n) is 5.99. The first-order valence-corrected chi connectivity index (χ1v) is 8.95. The van der Waals surface area contributed by atoms with Crippen LogP contribution in [0.25, 0.3) is 0 Å². The first kappa shape index (κ1) is 24.5. The van der Waals surface area contributed by atoms with Crippen LogP contribution >= 0.6 is 0 Å². The van der Waals surface area contributed by atoms with Crippen molar-refractivity contribution in [1.29, 1.82) is 0 Å². The van der Waals surface area contributed by atoms with Crippen LogP contribution in [0.2, 0.25) is 0 Å². The number of ether oxygens (including phenoxy) is 1. The average Bonchev–Trinajstić information content (AvgIpc) is 2.73. The number of amides is 4. The fraction of sp³-hybridized carbons (Fsp3) is 0.389. The molecule has 0 saturated carbocycles. The van der Waals surface area contributed by atoms with Gasteiger partial charge in [-0.15, -0.1) is 0 Å². The maximum absolute atomic E-state index is 12.5. The molecule has 0 aliphatic rings. The molecule has 1 aromatic carbocycles. The highest BCUT2D eigenvalue weighted by atomic mass is 16.5. The van der Waals surface area contributed by atoms with Gasteiger partial charge in [0.1, 0.15) is 19.4 Å². The van der Waals surface area contributed by atoms with Crippen molar-refractivity contribution in [2.24, 2.45) is 5.73 Å². The van der Waals surface area contributed by atoms with Crippen molar-refractivity contribution in [3.8, 4) is 0 Å². The molecule has 0 fully saturated rings. The molecule has 1 aromatic rings. The number of rotatable bonds is 13. The molecule has 164 valence electrons. The topological polar surface area (TPSA) is 189 Å². The Labute approximate surface area is 172 Å². The number of nitrogens with two attached hydrogens (primary N) is 1. The zero-order valence-electron chi connectivity index (χ0n) is 16.2. The van der Waals surface area contributed by atoms with Crippen molar-refractivity contribution in [1.82, 2.24) is 21.3 Å². The number of carbonyl (C=O) groups excluding carboxylic acids is 4. The minimum absolute atomic E-state index is 0.159. The SMILES string of the molecule is NCC(=O)NCC(=O)N[C@@H](Cc1ccccc1)C(=O)NCC(=O)NCOCC(=O)O. The largest absolute Gasteiger partial charge is 0.480 e. The van der Waals surface area contributed by atoms with Crippen molar-refractivity contribution in [2.45, 2.75) is 12.5 Å². The molecule has 0 aromatic heterocycles. The summed E-state index contributed by atoms with van der Waals surface area (Å²) >= 11 is 0. The predicted octanol–water partition coefficient (Wildman–Crippen LogP) is -2.92. The van der Waals surface area contributed by atoms with Crippen molar-refractivity contribution in [2.75, 3.05) is 33.0 Å². The number of carboxylic acid groups (broad SMARTS) is 1. The summed E-state index contributed by atoms with van der Waals surface area (Å²) in [6, 6.07) is 7.90. The van der Waals surface area contributed by atoms with Gasteiger partial charge < -0.3 is 36.8 Å². The smallest absolute Gasteiger partial charge is 0.329 e. The average molecular weight is 423 g/mol. The van der Waals surface area contributed by atoms with E-state index in [1.54, 1.807) is 30.3 Å². The minimum Gasteiger partial charge on any atom is -0.480 e. The molecule has 0 aliphatic heterocycles.